The third-order valence-corrected chi connectivity index (χ3v) is 3.11. The van der Waals surface area contributed by atoms with Gasteiger partial charge in [0.05, 0.1) is 17.1 Å². The summed E-state index contributed by atoms with van der Waals surface area (Å²) in [4.78, 5) is 11.0. The molecule has 0 N–H and O–H groups in total. The number of rotatable bonds is 4. The minimum atomic E-state index is 0.997. The van der Waals surface area contributed by atoms with Crippen LogP contribution in [0.3, 0.4) is 0 Å². The molecule has 2 aromatic carbocycles. The molecular formula is C15H22N4. The first kappa shape index (κ1) is 13.5. The zero-order valence-electron chi connectivity index (χ0n) is 12.6. The zero-order valence-corrected chi connectivity index (χ0v) is 12.6. The fourth-order valence-corrected chi connectivity index (χ4v) is 2.07. The second-order valence-corrected chi connectivity index (χ2v) is 5.36. The van der Waals surface area contributed by atoms with E-state index in [9.17, 15) is 0 Å². The minimum absolute atomic E-state index is 0.997. The molecule has 2 aromatic rings. The molecule has 0 amide bonds. The van der Waals surface area contributed by atoms with Crippen LogP contribution < -0.4 is 20.1 Å². The number of nitrogens with zero attached hydrogens (tertiary/aromatic N) is 4. The third kappa shape index (κ3) is 2.72. The molecule has 0 aromatic heterocycles. The van der Waals surface area contributed by atoms with Gasteiger partial charge in [-0.05, 0) is 24.3 Å². The van der Waals surface area contributed by atoms with Crippen LogP contribution in [0.2, 0.25) is 0 Å². The molecule has 0 bridgehead atoms. The average molecular weight is 258 g/mol. The maximum absolute atomic E-state index is 4.72. The summed E-state index contributed by atoms with van der Waals surface area (Å²) >= 11 is 0. The molecule has 0 spiro atoms. The van der Waals surface area contributed by atoms with Gasteiger partial charge in [0.1, 0.15) is 5.36 Å². The van der Waals surface area contributed by atoms with Gasteiger partial charge in [0.2, 0.25) is 0 Å². The van der Waals surface area contributed by atoms with Crippen LogP contribution >= 0.6 is 0 Å². The summed E-state index contributed by atoms with van der Waals surface area (Å²) < 4.78 is 0. The van der Waals surface area contributed by atoms with Crippen molar-refractivity contribution in [2.75, 3.05) is 57.0 Å². The fourth-order valence-electron chi connectivity index (χ4n) is 2.07. The van der Waals surface area contributed by atoms with Gasteiger partial charge in [-0.3, -0.25) is 0 Å². The lowest BCUT2D eigenvalue weighted by molar-refractivity contribution is 1.12. The van der Waals surface area contributed by atoms with Crippen LogP contribution in [-0.4, -0.2) is 42.3 Å². The standard InChI is InChI=1S/C15H22N4/c1-17(2)12-9-7-11(8-10-12)16-13-14(18(3)4)15(13)19(5)6/h7-10H,1-6H3. The van der Waals surface area contributed by atoms with Crippen LogP contribution in [0.25, 0.3) is 0 Å². The highest BCUT2D eigenvalue weighted by Gasteiger charge is 2.23. The van der Waals surface area contributed by atoms with Crippen LogP contribution in [0.15, 0.2) is 29.3 Å². The Morgan fingerprint density at radius 3 is 1.53 bits per heavy atom. The molecular weight excluding hydrogens is 236 g/mol. The van der Waals surface area contributed by atoms with E-state index < -0.39 is 0 Å². The highest BCUT2D eigenvalue weighted by molar-refractivity contribution is 5.84. The van der Waals surface area contributed by atoms with Crippen molar-refractivity contribution in [2.24, 2.45) is 4.99 Å². The molecule has 0 saturated carbocycles. The smallest absolute Gasteiger partial charge is 0.115 e. The fraction of sp³-hybridized carbons (Fsp3) is 0.400. The Balaban J connectivity index is 2.31. The van der Waals surface area contributed by atoms with Crippen molar-refractivity contribution >= 4 is 22.7 Å². The molecule has 0 unspecified atom stereocenters. The molecule has 2 rings (SSSR count). The van der Waals surface area contributed by atoms with Crippen molar-refractivity contribution in [1.82, 2.24) is 0 Å². The molecule has 0 aliphatic carbocycles. The van der Waals surface area contributed by atoms with E-state index in [4.69, 9.17) is 4.99 Å². The molecule has 0 aliphatic heterocycles. The maximum atomic E-state index is 4.72. The summed E-state index contributed by atoms with van der Waals surface area (Å²) in [5.74, 6) is 0. The first-order valence-corrected chi connectivity index (χ1v) is 6.37. The monoisotopic (exact) mass is 258 g/mol. The average Bonchev–Trinajstić information content (AvgIpc) is 3.04. The molecule has 0 aliphatic rings. The Hall–Kier alpha value is -1.97. The summed E-state index contributed by atoms with van der Waals surface area (Å²) in [6.45, 7) is 0. The van der Waals surface area contributed by atoms with Crippen LogP contribution in [-0.2, 0) is 0 Å². The largest absolute Gasteiger partial charge is 0.378 e. The van der Waals surface area contributed by atoms with Crippen molar-refractivity contribution in [1.29, 1.82) is 0 Å². The van der Waals surface area contributed by atoms with E-state index in [1.54, 1.807) is 0 Å². The maximum Gasteiger partial charge on any atom is 0.115 e. The lowest BCUT2D eigenvalue weighted by Crippen LogP contribution is -2.08. The van der Waals surface area contributed by atoms with E-state index in [2.05, 4.69) is 67.2 Å². The molecule has 0 saturated heterocycles. The number of hydrogen-bond acceptors (Lipinski definition) is 4. The number of anilines is 3. The Morgan fingerprint density at radius 1 is 0.684 bits per heavy atom. The SMILES string of the molecule is CN(C)c1ccc(N=c2c(N(C)C)c2N(C)C)cc1. The summed E-state index contributed by atoms with van der Waals surface area (Å²) in [5.41, 5.74) is 4.63. The van der Waals surface area contributed by atoms with Gasteiger partial charge in [-0.1, -0.05) is 0 Å². The normalized spacial score (nSPS) is 10.6. The van der Waals surface area contributed by atoms with E-state index in [1.165, 1.54) is 17.1 Å². The number of benzene rings is 1. The predicted octanol–water partition coefficient (Wildman–Crippen LogP) is 1.99. The van der Waals surface area contributed by atoms with E-state index in [1.807, 2.05) is 14.1 Å². The van der Waals surface area contributed by atoms with Crippen molar-refractivity contribution in [3.05, 3.63) is 29.6 Å². The Morgan fingerprint density at radius 2 is 1.16 bits per heavy atom. The third-order valence-electron chi connectivity index (χ3n) is 3.11. The molecule has 0 heterocycles. The van der Waals surface area contributed by atoms with E-state index >= 15 is 0 Å². The number of hydrogen-bond donors (Lipinski definition) is 0. The Bertz CT molecular complexity index is 546. The van der Waals surface area contributed by atoms with E-state index in [-0.39, 0.29) is 0 Å². The lowest BCUT2D eigenvalue weighted by atomic mass is 10.3. The predicted molar refractivity (Wildman–Crippen MR) is 83.5 cm³/mol. The van der Waals surface area contributed by atoms with Crippen molar-refractivity contribution in [2.45, 2.75) is 0 Å². The second kappa shape index (κ2) is 4.96. The molecule has 19 heavy (non-hydrogen) atoms. The first-order chi connectivity index (χ1) is 8.91. The lowest BCUT2D eigenvalue weighted by Gasteiger charge is -2.11. The highest BCUT2D eigenvalue weighted by atomic mass is 15.2. The molecule has 0 atom stereocenters. The Labute approximate surface area is 115 Å². The van der Waals surface area contributed by atoms with E-state index in [0.717, 1.165) is 11.0 Å². The molecule has 4 nitrogen and oxygen atoms in total. The van der Waals surface area contributed by atoms with Gasteiger partial charge >= 0.3 is 0 Å². The van der Waals surface area contributed by atoms with Gasteiger partial charge in [-0.2, -0.15) is 0 Å². The summed E-state index contributed by atoms with van der Waals surface area (Å²) in [6.07, 6.45) is 0. The van der Waals surface area contributed by atoms with Crippen LogP contribution in [0.4, 0.5) is 22.7 Å². The first-order valence-electron chi connectivity index (χ1n) is 6.37. The van der Waals surface area contributed by atoms with Crippen LogP contribution in [0, 0.1) is 0 Å². The zero-order chi connectivity index (χ0) is 14.2. The van der Waals surface area contributed by atoms with Crippen LogP contribution in [0.5, 0.6) is 0 Å². The summed E-state index contributed by atoms with van der Waals surface area (Å²) in [5, 5.41) is 1.09. The van der Waals surface area contributed by atoms with E-state index in [0.29, 0.717) is 0 Å². The second-order valence-electron chi connectivity index (χ2n) is 5.36. The minimum Gasteiger partial charge on any atom is -0.378 e. The molecule has 4 heteroatoms. The Kier molecular flexibility index (Phi) is 3.51. The quantitative estimate of drug-likeness (QED) is 0.837. The van der Waals surface area contributed by atoms with Gasteiger partial charge in [0.25, 0.3) is 0 Å². The van der Waals surface area contributed by atoms with Crippen molar-refractivity contribution in [3.8, 4) is 0 Å². The molecule has 102 valence electrons. The van der Waals surface area contributed by atoms with Gasteiger partial charge in [0, 0.05) is 48.0 Å². The van der Waals surface area contributed by atoms with Crippen molar-refractivity contribution < 1.29 is 0 Å². The van der Waals surface area contributed by atoms with Crippen LogP contribution in [0.1, 0.15) is 0 Å². The topological polar surface area (TPSA) is 22.1 Å². The van der Waals surface area contributed by atoms with Gasteiger partial charge in [0.15, 0.2) is 0 Å². The van der Waals surface area contributed by atoms with Gasteiger partial charge in [-0.15, -0.1) is 0 Å². The molecule has 0 radical (unpaired) electrons. The summed E-state index contributed by atoms with van der Waals surface area (Å²) in [6, 6.07) is 8.29. The van der Waals surface area contributed by atoms with Gasteiger partial charge < -0.3 is 14.7 Å². The van der Waals surface area contributed by atoms with Crippen molar-refractivity contribution in [3.63, 3.8) is 0 Å². The van der Waals surface area contributed by atoms with Gasteiger partial charge in [-0.25, -0.2) is 4.99 Å². The summed E-state index contributed by atoms with van der Waals surface area (Å²) in [7, 11) is 12.3. The molecule has 0 fully saturated rings. The highest BCUT2D eigenvalue weighted by Crippen LogP contribution is 2.30.